The zero-order valence-corrected chi connectivity index (χ0v) is 14.5. The van der Waals surface area contributed by atoms with Gasteiger partial charge in [0.2, 0.25) is 11.8 Å². The van der Waals surface area contributed by atoms with Crippen LogP contribution in [0, 0.1) is 0 Å². The number of benzene rings is 1. The summed E-state index contributed by atoms with van der Waals surface area (Å²) in [5.41, 5.74) is 0.996. The monoisotopic (exact) mass is 333 g/mol. The van der Waals surface area contributed by atoms with E-state index in [1.807, 2.05) is 36.1 Å². The molecule has 0 bridgehead atoms. The van der Waals surface area contributed by atoms with E-state index in [4.69, 9.17) is 4.74 Å². The number of amides is 2. The summed E-state index contributed by atoms with van der Waals surface area (Å²) in [6, 6.07) is 7.70. The molecule has 0 aliphatic carbocycles. The van der Waals surface area contributed by atoms with E-state index in [1.54, 1.807) is 7.11 Å². The van der Waals surface area contributed by atoms with E-state index in [0.717, 1.165) is 24.3 Å². The minimum atomic E-state index is -0.0684. The summed E-state index contributed by atoms with van der Waals surface area (Å²) < 4.78 is 5.44. The largest absolute Gasteiger partial charge is 0.496 e. The van der Waals surface area contributed by atoms with Gasteiger partial charge in [0.05, 0.1) is 13.2 Å². The first-order valence-corrected chi connectivity index (χ1v) is 8.57. The highest BCUT2D eigenvalue weighted by atomic mass is 16.5. The number of ether oxygens (including phenoxy) is 1. The highest BCUT2D eigenvalue weighted by molar-refractivity contribution is 5.84. The van der Waals surface area contributed by atoms with Gasteiger partial charge in [0.25, 0.3) is 0 Å². The standard InChI is InChI=1S/C18H27N3O3/c1-3-10-20-17(22)8-9-18(23)21-12-11-19-13-15(21)14-6-4-5-7-16(14)24-2/h4-7,15,19H,3,8-13H2,1-2H3,(H,20,22). The van der Waals surface area contributed by atoms with Gasteiger partial charge in [0.15, 0.2) is 0 Å². The molecule has 1 aromatic rings. The molecule has 6 nitrogen and oxygen atoms in total. The van der Waals surface area contributed by atoms with Crippen molar-refractivity contribution in [3.8, 4) is 5.75 Å². The van der Waals surface area contributed by atoms with Gasteiger partial charge in [0, 0.05) is 44.6 Å². The lowest BCUT2D eigenvalue weighted by molar-refractivity contribution is -0.136. The first-order chi connectivity index (χ1) is 11.7. The molecule has 1 aromatic carbocycles. The van der Waals surface area contributed by atoms with E-state index in [2.05, 4.69) is 10.6 Å². The third-order valence-electron chi connectivity index (χ3n) is 4.20. The third kappa shape index (κ3) is 4.71. The molecule has 1 atom stereocenters. The second kappa shape index (κ2) is 9.27. The molecular formula is C18H27N3O3. The Bertz CT molecular complexity index is 562. The average molecular weight is 333 g/mol. The lowest BCUT2D eigenvalue weighted by Gasteiger charge is -2.37. The Morgan fingerprint density at radius 2 is 2.12 bits per heavy atom. The summed E-state index contributed by atoms with van der Waals surface area (Å²) in [4.78, 5) is 26.2. The lowest BCUT2D eigenvalue weighted by Crippen LogP contribution is -2.49. The fourth-order valence-electron chi connectivity index (χ4n) is 2.94. The topological polar surface area (TPSA) is 70.7 Å². The van der Waals surface area contributed by atoms with Crippen LogP contribution in [-0.4, -0.2) is 50.0 Å². The van der Waals surface area contributed by atoms with Crippen LogP contribution in [0.4, 0.5) is 0 Å². The quantitative estimate of drug-likeness (QED) is 0.793. The van der Waals surface area contributed by atoms with Crippen LogP contribution in [0.5, 0.6) is 5.75 Å². The average Bonchev–Trinajstić information content (AvgIpc) is 2.64. The van der Waals surface area contributed by atoms with E-state index in [-0.39, 0.29) is 30.7 Å². The van der Waals surface area contributed by atoms with Crippen LogP contribution in [0.2, 0.25) is 0 Å². The molecule has 0 radical (unpaired) electrons. The van der Waals surface area contributed by atoms with Gasteiger partial charge in [-0.2, -0.15) is 0 Å². The molecule has 2 rings (SSSR count). The molecule has 1 fully saturated rings. The van der Waals surface area contributed by atoms with Crippen LogP contribution in [0.25, 0.3) is 0 Å². The number of rotatable bonds is 7. The van der Waals surface area contributed by atoms with Crippen LogP contribution >= 0.6 is 0 Å². The molecule has 1 saturated heterocycles. The minimum absolute atomic E-state index is 0.0130. The van der Waals surface area contributed by atoms with Gasteiger partial charge in [-0.25, -0.2) is 0 Å². The number of nitrogens with one attached hydrogen (secondary N) is 2. The zero-order chi connectivity index (χ0) is 17.4. The number of para-hydroxylation sites is 1. The first kappa shape index (κ1) is 18.3. The van der Waals surface area contributed by atoms with Crippen molar-refractivity contribution in [2.45, 2.75) is 32.2 Å². The SMILES string of the molecule is CCCNC(=O)CCC(=O)N1CCNCC1c1ccccc1OC. The molecular weight excluding hydrogens is 306 g/mol. The Morgan fingerprint density at radius 1 is 1.33 bits per heavy atom. The second-order valence-corrected chi connectivity index (χ2v) is 5.90. The Labute approximate surface area is 143 Å². The van der Waals surface area contributed by atoms with Crippen LogP contribution in [-0.2, 0) is 9.59 Å². The number of nitrogens with zero attached hydrogens (tertiary/aromatic N) is 1. The van der Waals surface area contributed by atoms with Crippen LogP contribution < -0.4 is 15.4 Å². The molecule has 6 heteroatoms. The molecule has 24 heavy (non-hydrogen) atoms. The molecule has 1 unspecified atom stereocenters. The lowest BCUT2D eigenvalue weighted by atomic mass is 10.0. The summed E-state index contributed by atoms with van der Waals surface area (Å²) in [5, 5.41) is 6.14. The highest BCUT2D eigenvalue weighted by Gasteiger charge is 2.29. The molecule has 1 aliphatic heterocycles. The maximum atomic E-state index is 12.6. The predicted molar refractivity (Wildman–Crippen MR) is 92.9 cm³/mol. The second-order valence-electron chi connectivity index (χ2n) is 5.90. The summed E-state index contributed by atoms with van der Waals surface area (Å²) >= 11 is 0. The van der Waals surface area contributed by atoms with Crippen LogP contribution in [0.3, 0.4) is 0 Å². The minimum Gasteiger partial charge on any atom is -0.496 e. The zero-order valence-electron chi connectivity index (χ0n) is 14.5. The van der Waals surface area contributed by atoms with Crippen molar-refractivity contribution in [2.75, 3.05) is 33.3 Å². The van der Waals surface area contributed by atoms with Crippen molar-refractivity contribution in [1.82, 2.24) is 15.5 Å². The number of carbonyl (C=O) groups excluding carboxylic acids is 2. The molecule has 0 aromatic heterocycles. The van der Waals surface area contributed by atoms with Crippen molar-refractivity contribution in [3.63, 3.8) is 0 Å². The molecule has 2 N–H and O–H groups in total. The summed E-state index contributed by atoms with van der Waals surface area (Å²) in [5.74, 6) is 0.734. The van der Waals surface area contributed by atoms with Gasteiger partial charge in [0.1, 0.15) is 5.75 Å². The Balaban J connectivity index is 2.03. The van der Waals surface area contributed by atoms with Crippen molar-refractivity contribution >= 4 is 11.8 Å². The van der Waals surface area contributed by atoms with Gasteiger partial charge in [-0.1, -0.05) is 25.1 Å². The van der Waals surface area contributed by atoms with Crippen LogP contribution in [0.1, 0.15) is 37.8 Å². The normalized spacial score (nSPS) is 17.4. The maximum absolute atomic E-state index is 12.6. The highest BCUT2D eigenvalue weighted by Crippen LogP contribution is 2.30. The van der Waals surface area contributed by atoms with E-state index < -0.39 is 0 Å². The molecule has 132 valence electrons. The molecule has 0 saturated carbocycles. The van der Waals surface area contributed by atoms with Gasteiger partial charge >= 0.3 is 0 Å². The molecule has 1 aliphatic rings. The van der Waals surface area contributed by atoms with Gasteiger partial charge in [-0.3, -0.25) is 9.59 Å². The summed E-state index contributed by atoms with van der Waals surface area (Å²) in [7, 11) is 1.64. The van der Waals surface area contributed by atoms with Crippen molar-refractivity contribution in [1.29, 1.82) is 0 Å². The molecule has 0 spiro atoms. The Kier molecular flexibility index (Phi) is 7.06. The number of carbonyl (C=O) groups is 2. The Morgan fingerprint density at radius 3 is 2.88 bits per heavy atom. The van der Waals surface area contributed by atoms with Crippen LogP contribution in [0.15, 0.2) is 24.3 Å². The fourth-order valence-corrected chi connectivity index (χ4v) is 2.94. The van der Waals surface area contributed by atoms with Gasteiger partial charge in [-0.05, 0) is 12.5 Å². The Hall–Kier alpha value is -2.08. The smallest absolute Gasteiger partial charge is 0.223 e. The first-order valence-electron chi connectivity index (χ1n) is 8.57. The molecule has 2 amide bonds. The van der Waals surface area contributed by atoms with Crippen molar-refractivity contribution in [2.24, 2.45) is 0 Å². The van der Waals surface area contributed by atoms with E-state index >= 15 is 0 Å². The third-order valence-corrected chi connectivity index (χ3v) is 4.20. The number of hydrogen-bond acceptors (Lipinski definition) is 4. The van der Waals surface area contributed by atoms with Crippen molar-refractivity contribution < 1.29 is 14.3 Å². The van der Waals surface area contributed by atoms with E-state index in [0.29, 0.717) is 19.6 Å². The van der Waals surface area contributed by atoms with E-state index in [9.17, 15) is 9.59 Å². The molecule has 1 heterocycles. The van der Waals surface area contributed by atoms with Crippen molar-refractivity contribution in [3.05, 3.63) is 29.8 Å². The predicted octanol–water partition coefficient (Wildman–Crippen LogP) is 1.47. The van der Waals surface area contributed by atoms with Gasteiger partial charge < -0.3 is 20.3 Å². The summed E-state index contributed by atoms with van der Waals surface area (Å²) in [6.45, 7) is 4.75. The maximum Gasteiger partial charge on any atom is 0.223 e. The summed E-state index contributed by atoms with van der Waals surface area (Å²) in [6.07, 6.45) is 1.37. The number of methoxy groups -OCH3 is 1. The number of hydrogen-bond donors (Lipinski definition) is 2. The fraction of sp³-hybridized carbons (Fsp3) is 0.556. The number of piperazine rings is 1. The van der Waals surface area contributed by atoms with E-state index in [1.165, 1.54) is 0 Å². The van der Waals surface area contributed by atoms with Gasteiger partial charge in [-0.15, -0.1) is 0 Å².